The van der Waals surface area contributed by atoms with Crippen molar-refractivity contribution in [3.05, 3.63) is 58.6 Å². The van der Waals surface area contributed by atoms with Gasteiger partial charge in [-0.1, -0.05) is 29.8 Å². The molecule has 0 unspecified atom stereocenters. The molecule has 2 aromatic carbocycles. The van der Waals surface area contributed by atoms with Gasteiger partial charge in [-0.25, -0.2) is 0 Å². The van der Waals surface area contributed by atoms with Gasteiger partial charge in [-0.2, -0.15) is 0 Å². The van der Waals surface area contributed by atoms with Gasteiger partial charge in [-0.15, -0.1) is 11.6 Å². The first-order valence-corrected chi connectivity index (χ1v) is 6.74. The Balaban J connectivity index is 2.01. The van der Waals surface area contributed by atoms with Gasteiger partial charge in [0.15, 0.2) is 0 Å². The fraction of sp³-hybridized carbons (Fsp3) is 0.200. The van der Waals surface area contributed by atoms with Crippen molar-refractivity contribution in [3.8, 4) is 11.5 Å². The summed E-state index contributed by atoms with van der Waals surface area (Å²) in [6, 6.07) is 13.3. The van der Waals surface area contributed by atoms with Crippen LogP contribution < -0.4 is 9.47 Å². The van der Waals surface area contributed by atoms with E-state index in [1.165, 1.54) is 0 Å². The van der Waals surface area contributed by atoms with Crippen LogP contribution >= 0.6 is 23.2 Å². The highest BCUT2D eigenvalue weighted by molar-refractivity contribution is 6.32. The Hall–Kier alpha value is -1.38. The van der Waals surface area contributed by atoms with Crippen molar-refractivity contribution in [2.45, 2.75) is 12.5 Å². The van der Waals surface area contributed by atoms with E-state index in [0.717, 1.165) is 16.9 Å². The molecule has 0 heterocycles. The van der Waals surface area contributed by atoms with Crippen LogP contribution in [0, 0.1) is 0 Å². The van der Waals surface area contributed by atoms with Crippen molar-refractivity contribution in [2.75, 3.05) is 7.11 Å². The quantitative estimate of drug-likeness (QED) is 0.747. The Labute approximate surface area is 122 Å². The third-order valence-electron chi connectivity index (χ3n) is 2.70. The molecule has 100 valence electrons. The van der Waals surface area contributed by atoms with E-state index >= 15 is 0 Å². The fourth-order valence-corrected chi connectivity index (χ4v) is 2.05. The lowest BCUT2D eigenvalue weighted by Gasteiger charge is -2.09. The summed E-state index contributed by atoms with van der Waals surface area (Å²) < 4.78 is 10.8. The predicted molar refractivity (Wildman–Crippen MR) is 78.3 cm³/mol. The summed E-state index contributed by atoms with van der Waals surface area (Å²) in [4.78, 5) is 0. The van der Waals surface area contributed by atoms with E-state index in [1.807, 2.05) is 42.5 Å². The number of hydrogen-bond acceptors (Lipinski definition) is 2. The molecule has 0 saturated carbocycles. The summed E-state index contributed by atoms with van der Waals surface area (Å²) in [5, 5.41) is 0.576. The zero-order valence-corrected chi connectivity index (χ0v) is 12.0. The molecule has 0 N–H and O–H groups in total. The highest BCUT2D eigenvalue weighted by Crippen LogP contribution is 2.27. The largest absolute Gasteiger partial charge is 0.497 e. The van der Waals surface area contributed by atoms with E-state index in [9.17, 15) is 0 Å². The first-order chi connectivity index (χ1) is 9.22. The molecule has 0 amide bonds. The van der Waals surface area contributed by atoms with Crippen molar-refractivity contribution in [1.29, 1.82) is 0 Å². The number of hydrogen-bond donors (Lipinski definition) is 0. The predicted octanol–water partition coefficient (Wildman–Crippen LogP) is 4.67. The number of benzene rings is 2. The highest BCUT2D eigenvalue weighted by Gasteiger charge is 2.03. The van der Waals surface area contributed by atoms with Gasteiger partial charge in [-0.05, 0) is 35.4 Å². The Morgan fingerprint density at radius 2 is 1.68 bits per heavy atom. The van der Waals surface area contributed by atoms with Crippen LogP contribution in [0.4, 0.5) is 0 Å². The average Bonchev–Trinajstić information content (AvgIpc) is 2.46. The molecule has 0 saturated heterocycles. The van der Waals surface area contributed by atoms with Gasteiger partial charge in [0.1, 0.15) is 18.1 Å². The van der Waals surface area contributed by atoms with Crippen molar-refractivity contribution >= 4 is 23.2 Å². The number of methoxy groups -OCH3 is 1. The summed E-state index contributed by atoms with van der Waals surface area (Å²) in [6.45, 7) is 0.462. The molecule has 0 atom stereocenters. The van der Waals surface area contributed by atoms with Crippen LogP contribution in [-0.2, 0) is 12.5 Å². The molecule has 0 aromatic heterocycles. The number of halogens is 2. The molecule has 2 aromatic rings. The second-order valence-electron chi connectivity index (χ2n) is 4.04. The van der Waals surface area contributed by atoms with Crippen LogP contribution in [0.15, 0.2) is 42.5 Å². The molecule has 2 nitrogen and oxygen atoms in total. The molecule has 0 fully saturated rings. The minimum Gasteiger partial charge on any atom is -0.497 e. The zero-order valence-electron chi connectivity index (χ0n) is 10.5. The Kier molecular flexibility index (Phi) is 4.94. The molecule has 0 aliphatic rings. The maximum Gasteiger partial charge on any atom is 0.138 e. The molecule has 0 bridgehead atoms. The van der Waals surface area contributed by atoms with Gasteiger partial charge in [0.2, 0.25) is 0 Å². The smallest absolute Gasteiger partial charge is 0.138 e. The average molecular weight is 297 g/mol. The van der Waals surface area contributed by atoms with E-state index in [-0.39, 0.29) is 0 Å². The molecule has 2 rings (SSSR count). The summed E-state index contributed by atoms with van der Waals surface area (Å²) in [6.07, 6.45) is 0. The van der Waals surface area contributed by atoms with Crippen molar-refractivity contribution in [3.63, 3.8) is 0 Å². The maximum absolute atomic E-state index is 6.12. The lowest BCUT2D eigenvalue weighted by atomic mass is 10.2. The van der Waals surface area contributed by atoms with Crippen LogP contribution in [-0.4, -0.2) is 7.11 Å². The van der Waals surface area contributed by atoms with E-state index in [4.69, 9.17) is 32.7 Å². The van der Waals surface area contributed by atoms with E-state index in [2.05, 4.69) is 0 Å². The number of rotatable bonds is 5. The molecular weight excluding hydrogens is 283 g/mol. The summed E-state index contributed by atoms with van der Waals surface area (Å²) >= 11 is 11.9. The van der Waals surface area contributed by atoms with Gasteiger partial charge < -0.3 is 9.47 Å². The topological polar surface area (TPSA) is 18.5 Å². The maximum atomic E-state index is 6.12. The van der Waals surface area contributed by atoms with Crippen LogP contribution in [0.2, 0.25) is 5.02 Å². The lowest BCUT2D eigenvalue weighted by Crippen LogP contribution is -1.96. The molecule has 0 spiro atoms. The molecular formula is C15H14Cl2O2. The SMILES string of the molecule is COc1ccc(COc2ccc(CCl)cc2Cl)cc1. The monoisotopic (exact) mass is 296 g/mol. The van der Waals surface area contributed by atoms with Gasteiger partial charge in [0.25, 0.3) is 0 Å². The van der Waals surface area contributed by atoms with Crippen LogP contribution in [0.1, 0.15) is 11.1 Å². The second kappa shape index (κ2) is 6.69. The molecule has 0 aliphatic carbocycles. The second-order valence-corrected chi connectivity index (χ2v) is 4.71. The third-order valence-corrected chi connectivity index (χ3v) is 3.31. The van der Waals surface area contributed by atoms with Crippen molar-refractivity contribution in [1.82, 2.24) is 0 Å². The Morgan fingerprint density at radius 3 is 2.26 bits per heavy atom. The molecule has 19 heavy (non-hydrogen) atoms. The Bertz CT molecular complexity index is 538. The molecule has 0 aliphatic heterocycles. The Morgan fingerprint density at radius 1 is 1.00 bits per heavy atom. The van der Waals surface area contributed by atoms with Gasteiger partial charge in [0.05, 0.1) is 12.1 Å². The first-order valence-electron chi connectivity index (χ1n) is 5.83. The van der Waals surface area contributed by atoms with Gasteiger partial charge >= 0.3 is 0 Å². The summed E-state index contributed by atoms with van der Waals surface area (Å²) in [5.41, 5.74) is 2.03. The summed E-state index contributed by atoms with van der Waals surface area (Å²) in [5.74, 6) is 1.93. The van der Waals surface area contributed by atoms with E-state index in [1.54, 1.807) is 7.11 Å². The van der Waals surface area contributed by atoms with Crippen LogP contribution in [0.25, 0.3) is 0 Å². The minimum atomic E-state index is 0.443. The zero-order chi connectivity index (χ0) is 13.7. The lowest BCUT2D eigenvalue weighted by molar-refractivity contribution is 0.306. The molecule has 0 radical (unpaired) electrons. The fourth-order valence-electron chi connectivity index (χ4n) is 1.63. The number of alkyl halides is 1. The van der Waals surface area contributed by atoms with Gasteiger partial charge in [0, 0.05) is 5.88 Å². The summed E-state index contributed by atoms with van der Waals surface area (Å²) in [7, 11) is 1.64. The minimum absolute atomic E-state index is 0.443. The highest BCUT2D eigenvalue weighted by atomic mass is 35.5. The third kappa shape index (κ3) is 3.79. The van der Waals surface area contributed by atoms with Crippen LogP contribution in [0.3, 0.4) is 0 Å². The normalized spacial score (nSPS) is 10.3. The first kappa shape index (κ1) is 14.0. The van der Waals surface area contributed by atoms with Crippen molar-refractivity contribution in [2.24, 2.45) is 0 Å². The van der Waals surface area contributed by atoms with Crippen LogP contribution in [0.5, 0.6) is 11.5 Å². The standard InChI is InChI=1S/C15H14Cl2O2/c1-18-13-5-2-11(3-6-13)10-19-15-7-4-12(9-16)8-14(15)17/h2-8H,9-10H2,1H3. The number of ether oxygens (including phenoxy) is 2. The molecule has 4 heteroatoms. The van der Waals surface area contributed by atoms with Gasteiger partial charge in [-0.3, -0.25) is 0 Å². The van der Waals surface area contributed by atoms with E-state index in [0.29, 0.717) is 23.3 Å². The van der Waals surface area contributed by atoms with E-state index < -0.39 is 0 Å². The van der Waals surface area contributed by atoms with Crippen molar-refractivity contribution < 1.29 is 9.47 Å².